The summed E-state index contributed by atoms with van der Waals surface area (Å²) in [6.07, 6.45) is 4.15. The van der Waals surface area contributed by atoms with Crippen molar-refractivity contribution in [2.45, 2.75) is 51.6 Å². The van der Waals surface area contributed by atoms with Gasteiger partial charge in [0.05, 0.1) is 11.1 Å². The molecule has 156 valence electrons. The van der Waals surface area contributed by atoms with Crippen molar-refractivity contribution >= 4 is 61.3 Å². The van der Waals surface area contributed by atoms with Crippen LogP contribution >= 0.6 is 34.4 Å². The maximum absolute atomic E-state index is 12.3. The first-order valence-electron chi connectivity index (χ1n) is 9.94. The van der Waals surface area contributed by atoms with Crippen LogP contribution in [0.3, 0.4) is 0 Å². The summed E-state index contributed by atoms with van der Waals surface area (Å²) < 4.78 is 2.03. The molecule has 0 saturated heterocycles. The average molecular weight is 460 g/mol. The minimum atomic E-state index is -0.137. The van der Waals surface area contributed by atoms with Gasteiger partial charge in [0.2, 0.25) is 11.0 Å². The molecule has 1 atom stereocenters. The first-order chi connectivity index (χ1) is 14.5. The molecule has 1 aliphatic carbocycles. The van der Waals surface area contributed by atoms with Crippen molar-refractivity contribution in [3.05, 3.63) is 21.3 Å². The lowest BCUT2D eigenvalue weighted by atomic mass is 9.89. The van der Waals surface area contributed by atoms with Crippen LogP contribution in [0.2, 0.25) is 0 Å². The van der Waals surface area contributed by atoms with Crippen molar-refractivity contribution in [3.8, 4) is 0 Å². The number of hydrogen-bond acceptors (Lipinski definition) is 9. The van der Waals surface area contributed by atoms with Gasteiger partial charge in [0.25, 0.3) is 0 Å². The number of anilines is 1. The van der Waals surface area contributed by atoms with Gasteiger partial charge in [-0.3, -0.25) is 14.5 Å². The van der Waals surface area contributed by atoms with Crippen molar-refractivity contribution in [2.75, 3.05) is 11.1 Å². The topological polar surface area (TPSA) is 98.0 Å². The molecule has 0 spiro atoms. The van der Waals surface area contributed by atoms with Gasteiger partial charge < -0.3 is 0 Å². The van der Waals surface area contributed by atoms with Gasteiger partial charge in [-0.05, 0) is 37.7 Å². The quantitative estimate of drug-likeness (QED) is 0.452. The van der Waals surface area contributed by atoms with Crippen LogP contribution in [0.1, 0.15) is 41.5 Å². The number of thioether (sulfide) groups is 1. The van der Waals surface area contributed by atoms with Crippen molar-refractivity contribution in [1.29, 1.82) is 0 Å². The van der Waals surface area contributed by atoms with E-state index in [1.54, 1.807) is 11.3 Å². The van der Waals surface area contributed by atoms with Gasteiger partial charge in [-0.1, -0.05) is 36.9 Å². The van der Waals surface area contributed by atoms with E-state index in [-0.39, 0.29) is 11.7 Å². The van der Waals surface area contributed by atoms with Crippen LogP contribution in [0.15, 0.2) is 5.16 Å². The zero-order valence-electron chi connectivity index (χ0n) is 16.9. The van der Waals surface area contributed by atoms with E-state index in [9.17, 15) is 4.79 Å². The summed E-state index contributed by atoms with van der Waals surface area (Å²) in [5, 5.41) is 22.8. The first kappa shape index (κ1) is 19.8. The number of amides is 1. The van der Waals surface area contributed by atoms with Crippen LogP contribution in [0.5, 0.6) is 0 Å². The minimum absolute atomic E-state index is 0.137. The summed E-state index contributed by atoms with van der Waals surface area (Å²) in [4.78, 5) is 19.8. The molecule has 1 aliphatic rings. The second-order valence-electron chi connectivity index (χ2n) is 7.52. The van der Waals surface area contributed by atoms with Gasteiger partial charge in [-0.15, -0.1) is 31.7 Å². The van der Waals surface area contributed by atoms with Crippen molar-refractivity contribution < 1.29 is 4.79 Å². The van der Waals surface area contributed by atoms with Gasteiger partial charge in [0.15, 0.2) is 10.8 Å². The van der Waals surface area contributed by atoms with Crippen LogP contribution in [-0.2, 0) is 24.1 Å². The second kappa shape index (κ2) is 7.86. The Bertz CT molecular complexity index is 1260. The van der Waals surface area contributed by atoms with Crippen molar-refractivity contribution in [1.82, 2.24) is 29.8 Å². The molecule has 0 fully saturated rings. The second-order valence-corrected chi connectivity index (χ2v) is 10.7. The highest BCUT2D eigenvalue weighted by Crippen LogP contribution is 2.39. The molecule has 5 rings (SSSR count). The number of aryl methyl sites for hydroxylation is 3. The number of carbonyl (C=O) groups is 1. The summed E-state index contributed by atoms with van der Waals surface area (Å²) in [7, 11) is 0. The van der Waals surface area contributed by atoms with E-state index >= 15 is 0 Å². The summed E-state index contributed by atoms with van der Waals surface area (Å²) in [5.74, 6) is 1.73. The van der Waals surface area contributed by atoms with E-state index in [2.05, 4.69) is 39.6 Å². The number of fused-ring (bicyclic) bond motifs is 5. The van der Waals surface area contributed by atoms with Crippen LogP contribution in [-0.4, -0.2) is 41.4 Å². The maximum Gasteiger partial charge on any atom is 0.236 e. The maximum atomic E-state index is 12.3. The molecule has 0 aliphatic heterocycles. The Kier molecular flexibility index (Phi) is 5.19. The van der Waals surface area contributed by atoms with Gasteiger partial charge in [0.1, 0.15) is 15.7 Å². The molecule has 4 heterocycles. The van der Waals surface area contributed by atoms with Crippen LogP contribution in [0, 0.1) is 12.8 Å². The van der Waals surface area contributed by atoms with Crippen molar-refractivity contribution in [3.63, 3.8) is 0 Å². The monoisotopic (exact) mass is 459 g/mol. The van der Waals surface area contributed by atoms with Gasteiger partial charge in [-0.25, -0.2) is 4.98 Å². The highest BCUT2D eigenvalue weighted by molar-refractivity contribution is 7.99. The molecule has 1 N–H and O–H groups in total. The lowest BCUT2D eigenvalue weighted by Gasteiger charge is -2.17. The molecule has 4 aromatic rings. The Hall–Kier alpha value is -2.11. The SMILES string of the molecule is CCc1nc2sc3c(c2c2nnc(SCC(=O)Nc4nnc(C)s4)n12)CC[C@H](C)C3. The molecule has 11 heteroatoms. The summed E-state index contributed by atoms with van der Waals surface area (Å²) in [5.41, 5.74) is 2.26. The normalized spacial score (nSPS) is 16.3. The third kappa shape index (κ3) is 3.48. The van der Waals surface area contributed by atoms with Gasteiger partial charge >= 0.3 is 0 Å². The third-order valence-electron chi connectivity index (χ3n) is 5.26. The Balaban J connectivity index is 1.47. The standard InChI is InChI=1S/C19H21N7OS3/c1-4-13-20-17-15(11-6-5-9(2)7-12(11)30-17)16-23-25-19(26(13)16)28-8-14(27)21-18-24-22-10(3)29-18/h9H,4-8H2,1-3H3,(H,21,24,27)/t9-/m0/s1. The van der Waals surface area contributed by atoms with Crippen LogP contribution in [0.25, 0.3) is 15.9 Å². The number of rotatable bonds is 5. The number of nitrogens with one attached hydrogen (secondary N) is 1. The number of nitrogens with zero attached hydrogens (tertiary/aromatic N) is 6. The molecule has 0 bridgehead atoms. The molecule has 1 amide bonds. The van der Waals surface area contributed by atoms with Gasteiger partial charge in [-0.2, -0.15) is 0 Å². The van der Waals surface area contributed by atoms with Crippen LogP contribution in [0.4, 0.5) is 5.13 Å². The highest BCUT2D eigenvalue weighted by atomic mass is 32.2. The van der Waals surface area contributed by atoms with Crippen LogP contribution < -0.4 is 5.32 Å². The van der Waals surface area contributed by atoms with E-state index in [0.717, 1.165) is 46.0 Å². The number of carbonyl (C=O) groups excluding carboxylic acids is 1. The molecule has 0 unspecified atom stereocenters. The summed E-state index contributed by atoms with van der Waals surface area (Å²) >= 11 is 4.53. The zero-order valence-corrected chi connectivity index (χ0v) is 19.4. The largest absolute Gasteiger partial charge is 0.300 e. The molecule has 30 heavy (non-hydrogen) atoms. The number of thiophene rings is 1. The molecule has 4 aromatic heterocycles. The summed E-state index contributed by atoms with van der Waals surface area (Å²) in [6.45, 7) is 6.25. The fraction of sp³-hybridized carbons (Fsp3) is 0.474. The Morgan fingerprint density at radius 3 is 2.90 bits per heavy atom. The predicted molar refractivity (Wildman–Crippen MR) is 121 cm³/mol. The van der Waals surface area contributed by atoms with E-state index in [0.29, 0.717) is 16.2 Å². The lowest BCUT2D eigenvalue weighted by molar-refractivity contribution is -0.113. The highest BCUT2D eigenvalue weighted by Gasteiger charge is 2.25. The van der Waals surface area contributed by atoms with E-state index < -0.39 is 0 Å². The number of aromatic nitrogens is 6. The number of hydrogen-bond donors (Lipinski definition) is 1. The van der Waals surface area contributed by atoms with Gasteiger partial charge in [0, 0.05) is 11.3 Å². The molecular formula is C19H21N7OS3. The van der Waals surface area contributed by atoms with E-state index in [1.165, 1.54) is 40.0 Å². The molecule has 0 aromatic carbocycles. The third-order valence-corrected chi connectivity index (χ3v) is 8.09. The minimum Gasteiger partial charge on any atom is -0.300 e. The molecule has 8 nitrogen and oxygen atoms in total. The summed E-state index contributed by atoms with van der Waals surface area (Å²) in [6, 6.07) is 0. The van der Waals surface area contributed by atoms with E-state index in [1.807, 2.05) is 11.3 Å². The first-order valence-corrected chi connectivity index (χ1v) is 12.6. The molecule has 0 radical (unpaired) electrons. The smallest absolute Gasteiger partial charge is 0.236 e. The van der Waals surface area contributed by atoms with E-state index in [4.69, 9.17) is 4.98 Å². The lowest BCUT2D eigenvalue weighted by Crippen LogP contribution is -2.14. The predicted octanol–water partition coefficient (Wildman–Crippen LogP) is 3.92. The Labute approximate surface area is 185 Å². The molecular weight excluding hydrogens is 438 g/mol. The zero-order chi connectivity index (χ0) is 20.8. The molecule has 0 saturated carbocycles. The fourth-order valence-corrected chi connectivity index (χ4v) is 6.60. The fourth-order valence-electron chi connectivity index (χ4n) is 3.84. The average Bonchev–Trinajstić information content (AvgIpc) is 3.41. The Morgan fingerprint density at radius 1 is 1.27 bits per heavy atom. The van der Waals surface area contributed by atoms with Crippen molar-refractivity contribution in [2.24, 2.45) is 5.92 Å². The Morgan fingerprint density at radius 2 is 2.13 bits per heavy atom.